The molecule has 3 aliphatic rings. The number of rotatable bonds is 6. The minimum Gasteiger partial charge on any atom is -0.398 e. The quantitative estimate of drug-likeness (QED) is 0.441. The zero-order chi connectivity index (χ0) is 26.0. The SMILES string of the molecule is CCOC1OCC(=O)[C@H]1NC(=O)[C@@H]1CCCN2C(=O)CC[C@H](NC(=O)c3ccc(N)c(Cl)c3)C(=O)N12. The van der Waals surface area contributed by atoms with Crippen molar-refractivity contribution in [3.63, 3.8) is 0 Å². The molecular weight excluding hydrogens is 494 g/mol. The van der Waals surface area contributed by atoms with Crippen molar-refractivity contribution in [3.05, 3.63) is 28.8 Å². The highest BCUT2D eigenvalue weighted by molar-refractivity contribution is 6.33. The Morgan fingerprint density at radius 1 is 1.22 bits per heavy atom. The van der Waals surface area contributed by atoms with Gasteiger partial charge in [-0.2, -0.15) is 0 Å². The molecule has 4 N–H and O–H groups in total. The van der Waals surface area contributed by atoms with Crippen LogP contribution in [0.15, 0.2) is 18.2 Å². The van der Waals surface area contributed by atoms with Crippen molar-refractivity contribution in [1.29, 1.82) is 0 Å². The molecule has 1 aromatic rings. The summed E-state index contributed by atoms with van der Waals surface area (Å²) >= 11 is 6.01. The molecule has 4 rings (SSSR count). The number of hydrogen-bond donors (Lipinski definition) is 3. The molecule has 13 heteroatoms. The molecule has 0 bridgehead atoms. The van der Waals surface area contributed by atoms with Gasteiger partial charge in [-0.25, -0.2) is 5.01 Å². The maximum absolute atomic E-state index is 13.6. The number of anilines is 1. The predicted molar refractivity (Wildman–Crippen MR) is 126 cm³/mol. The van der Waals surface area contributed by atoms with Crippen molar-refractivity contribution in [1.82, 2.24) is 20.7 Å². The number of carbonyl (C=O) groups is 5. The fraction of sp³-hybridized carbons (Fsp3) is 0.522. The number of ether oxygens (including phenoxy) is 2. The lowest BCUT2D eigenvalue weighted by Gasteiger charge is -2.43. The van der Waals surface area contributed by atoms with Gasteiger partial charge in [0.2, 0.25) is 11.8 Å². The summed E-state index contributed by atoms with van der Waals surface area (Å²) in [6.07, 6.45) is -0.0958. The monoisotopic (exact) mass is 521 g/mol. The molecule has 1 aromatic carbocycles. The number of nitrogens with two attached hydrogens (primary N) is 1. The van der Waals surface area contributed by atoms with E-state index in [0.29, 0.717) is 12.1 Å². The molecule has 3 fully saturated rings. The fourth-order valence-electron chi connectivity index (χ4n) is 4.52. The van der Waals surface area contributed by atoms with E-state index in [1.165, 1.54) is 23.2 Å². The number of hydrogen-bond acceptors (Lipinski definition) is 8. The summed E-state index contributed by atoms with van der Waals surface area (Å²) in [7, 11) is 0. The van der Waals surface area contributed by atoms with Gasteiger partial charge in [0.25, 0.3) is 11.8 Å². The number of fused-ring (bicyclic) bond motifs is 1. The third-order valence-corrected chi connectivity index (χ3v) is 6.70. The van der Waals surface area contributed by atoms with Crippen molar-refractivity contribution in [3.8, 4) is 0 Å². The van der Waals surface area contributed by atoms with Crippen LogP contribution in [0.1, 0.15) is 43.0 Å². The first-order valence-electron chi connectivity index (χ1n) is 11.8. The van der Waals surface area contributed by atoms with E-state index >= 15 is 0 Å². The van der Waals surface area contributed by atoms with E-state index in [1.807, 2.05) is 0 Å². The van der Waals surface area contributed by atoms with Gasteiger partial charge in [0.15, 0.2) is 12.1 Å². The lowest BCUT2D eigenvalue weighted by atomic mass is 10.0. The number of nitrogens with zero attached hydrogens (tertiary/aromatic N) is 2. The van der Waals surface area contributed by atoms with Crippen molar-refractivity contribution in [2.24, 2.45) is 0 Å². The zero-order valence-electron chi connectivity index (χ0n) is 19.7. The summed E-state index contributed by atoms with van der Waals surface area (Å²) in [5.41, 5.74) is 6.20. The average Bonchev–Trinajstić information content (AvgIpc) is 3.15. The van der Waals surface area contributed by atoms with Gasteiger partial charge in [0, 0.05) is 25.1 Å². The standard InChI is InChI=1S/C23H28ClN5O7/c1-2-35-23-19(17(30)11-36-23)27-21(33)16-4-3-9-28-18(31)8-7-15(22(34)29(16)28)26-20(32)12-5-6-14(25)13(24)10-12/h5-6,10,15-16,19,23H,2-4,7-9,11,25H2,1H3,(H,26,32)(H,27,33)/t15-,16-,19+,23?/m0/s1. The molecule has 0 aromatic heterocycles. The van der Waals surface area contributed by atoms with Crippen molar-refractivity contribution >= 4 is 46.7 Å². The highest BCUT2D eigenvalue weighted by atomic mass is 35.5. The van der Waals surface area contributed by atoms with Crippen LogP contribution >= 0.6 is 11.6 Å². The average molecular weight is 522 g/mol. The lowest BCUT2D eigenvalue weighted by Crippen LogP contribution is -2.65. The largest absolute Gasteiger partial charge is 0.398 e. The molecular formula is C23H28ClN5O7. The third kappa shape index (κ3) is 5.15. The topological polar surface area (TPSA) is 160 Å². The van der Waals surface area contributed by atoms with Crippen LogP contribution in [-0.2, 0) is 28.7 Å². The summed E-state index contributed by atoms with van der Waals surface area (Å²) in [6, 6.07) is 1.22. The van der Waals surface area contributed by atoms with Crippen LogP contribution in [0.3, 0.4) is 0 Å². The van der Waals surface area contributed by atoms with Crippen molar-refractivity contribution in [2.45, 2.75) is 57.0 Å². The van der Waals surface area contributed by atoms with Gasteiger partial charge in [0.05, 0.1) is 10.7 Å². The van der Waals surface area contributed by atoms with Gasteiger partial charge in [-0.3, -0.25) is 29.0 Å². The second-order valence-electron chi connectivity index (χ2n) is 8.75. The molecule has 0 saturated carbocycles. The summed E-state index contributed by atoms with van der Waals surface area (Å²) in [4.78, 5) is 64.8. The first kappa shape index (κ1) is 25.9. The molecule has 0 aliphatic carbocycles. The lowest BCUT2D eigenvalue weighted by molar-refractivity contribution is -0.176. The van der Waals surface area contributed by atoms with E-state index in [4.69, 9.17) is 26.8 Å². The summed E-state index contributed by atoms with van der Waals surface area (Å²) in [5, 5.41) is 7.85. The van der Waals surface area contributed by atoms with Crippen molar-refractivity contribution in [2.75, 3.05) is 25.5 Å². The molecule has 3 saturated heterocycles. The van der Waals surface area contributed by atoms with Crippen molar-refractivity contribution < 1.29 is 33.4 Å². The molecule has 194 valence electrons. The second-order valence-corrected chi connectivity index (χ2v) is 9.15. The highest BCUT2D eigenvalue weighted by Gasteiger charge is 2.46. The van der Waals surface area contributed by atoms with E-state index in [9.17, 15) is 24.0 Å². The van der Waals surface area contributed by atoms with Crippen LogP contribution in [0.2, 0.25) is 5.02 Å². The Morgan fingerprint density at radius 2 is 2.00 bits per heavy atom. The van der Waals surface area contributed by atoms with E-state index in [0.717, 1.165) is 5.01 Å². The highest BCUT2D eigenvalue weighted by Crippen LogP contribution is 2.26. The zero-order valence-corrected chi connectivity index (χ0v) is 20.5. The number of benzene rings is 1. The number of nitrogens with one attached hydrogen (secondary N) is 2. The molecule has 4 atom stereocenters. The number of carbonyl (C=O) groups excluding carboxylic acids is 5. The number of amides is 4. The Morgan fingerprint density at radius 3 is 2.72 bits per heavy atom. The number of nitrogen functional groups attached to an aromatic ring is 1. The van der Waals surface area contributed by atoms with Gasteiger partial charge >= 0.3 is 0 Å². The van der Waals surface area contributed by atoms with Gasteiger partial charge < -0.3 is 25.8 Å². The Balaban J connectivity index is 1.53. The Kier molecular flexibility index (Phi) is 7.76. The molecule has 1 unspecified atom stereocenters. The molecule has 0 radical (unpaired) electrons. The van der Waals surface area contributed by atoms with Gasteiger partial charge in [-0.05, 0) is 44.4 Å². The van der Waals surface area contributed by atoms with E-state index in [1.54, 1.807) is 6.92 Å². The minimum atomic E-state index is -1.05. The smallest absolute Gasteiger partial charge is 0.264 e. The Bertz CT molecular complexity index is 1080. The molecule has 12 nitrogen and oxygen atoms in total. The molecule has 0 spiro atoms. The number of Topliss-reactive ketones (excluding diaryl/α,β-unsaturated/α-hetero) is 1. The summed E-state index contributed by atoms with van der Waals surface area (Å²) < 4.78 is 10.7. The number of halogens is 1. The Hall–Kier alpha value is -3.22. The van der Waals surface area contributed by atoms with Crippen LogP contribution in [-0.4, -0.2) is 83.6 Å². The predicted octanol–water partition coefficient (Wildman–Crippen LogP) is -0.00430. The van der Waals surface area contributed by atoms with Gasteiger partial charge in [0.1, 0.15) is 24.7 Å². The van der Waals surface area contributed by atoms with Crippen LogP contribution in [0, 0.1) is 0 Å². The third-order valence-electron chi connectivity index (χ3n) is 6.37. The summed E-state index contributed by atoms with van der Waals surface area (Å²) in [6.45, 7) is 2.08. The molecule has 36 heavy (non-hydrogen) atoms. The summed E-state index contributed by atoms with van der Waals surface area (Å²) in [5.74, 6) is -2.44. The number of hydrazine groups is 1. The van der Waals surface area contributed by atoms with Gasteiger partial charge in [-0.15, -0.1) is 0 Å². The second kappa shape index (κ2) is 10.8. The molecule has 3 heterocycles. The maximum Gasteiger partial charge on any atom is 0.264 e. The van der Waals surface area contributed by atoms with E-state index in [-0.39, 0.29) is 61.3 Å². The molecule has 3 aliphatic heterocycles. The van der Waals surface area contributed by atoms with Crippen LogP contribution in [0.5, 0.6) is 0 Å². The van der Waals surface area contributed by atoms with Crippen LogP contribution < -0.4 is 16.4 Å². The van der Waals surface area contributed by atoms with E-state index in [2.05, 4.69) is 10.6 Å². The Labute approximate surface area is 212 Å². The number of ketones is 1. The minimum absolute atomic E-state index is 0.00534. The van der Waals surface area contributed by atoms with Crippen LogP contribution in [0.25, 0.3) is 0 Å². The van der Waals surface area contributed by atoms with Gasteiger partial charge in [-0.1, -0.05) is 11.6 Å². The fourth-order valence-corrected chi connectivity index (χ4v) is 4.71. The maximum atomic E-state index is 13.6. The van der Waals surface area contributed by atoms with Crippen LogP contribution in [0.4, 0.5) is 5.69 Å². The normalized spacial score (nSPS) is 26.4. The first-order valence-corrected chi connectivity index (χ1v) is 12.1. The van der Waals surface area contributed by atoms with E-state index < -0.39 is 42.1 Å². The first-order chi connectivity index (χ1) is 17.2. The molecule has 4 amide bonds.